The number of aromatic hydroxyl groups is 2. The van der Waals surface area contributed by atoms with Crippen molar-refractivity contribution in [2.75, 3.05) is 20.0 Å². The molecule has 31 nitrogen and oxygen atoms in total. The minimum atomic E-state index is -4.70. The molecule has 2 amide bonds. The van der Waals surface area contributed by atoms with Gasteiger partial charge >= 0.3 is 36.4 Å². The molecule has 0 saturated heterocycles. The topological polar surface area (TPSA) is 481 Å². The first-order valence-corrected chi connectivity index (χ1v) is 24.8. The Balaban J connectivity index is 0.000000258. The second-order valence-corrected chi connectivity index (χ2v) is 17.4. The summed E-state index contributed by atoms with van der Waals surface area (Å²) in [6.07, 6.45) is -10.7. The Hall–Kier alpha value is -13.3. The number of carboxylic acids is 1. The number of primary amides is 2. The number of aromatic carboxylic acids is 1. The molecule has 5 aromatic carbocycles. The zero-order valence-corrected chi connectivity index (χ0v) is 47.3. The van der Waals surface area contributed by atoms with Crippen molar-refractivity contribution < 1.29 is 122 Å². The number of hydrogen-bond acceptors (Lipinski definition) is 24. The second-order valence-electron chi connectivity index (χ2n) is 17.4. The predicted octanol–water partition coefficient (Wildman–Crippen LogP) is 11.1. The van der Waals surface area contributed by atoms with Crippen molar-refractivity contribution in [1.82, 2.24) is 15.0 Å². The van der Waals surface area contributed by atoms with Crippen molar-refractivity contribution in [2.45, 2.75) is 18.5 Å². The highest BCUT2D eigenvalue weighted by molar-refractivity contribution is 5.99. The Labute approximate surface area is 521 Å². The summed E-state index contributed by atoms with van der Waals surface area (Å²) in [6.45, 7) is 0. The number of amides is 2. The molecule has 498 valence electrons. The Kier molecular flexibility index (Phi) is 24.9. The number of halogens is 9. The van der Waals surface area contributed by atoms with E-state index in [4.69, 9.17) is 46.7 Å². The summed E-state index contributed by atoms with van der Waals surface area (Å²) >= 11 is 0. The van der Waals surface area contributed by atoms with Gasteiger partial charge in [-0.15, -0.1) is 0 Å². The number of phenols is 2. The van der Waals surface area contributed by atoms with Crippen molar-refractivity contribution in [3.05, 3.63) is 231 Å². The molecule has 0 unspecified atom stereocenters. The number of pyridine rings is 3. The largest absolute Gasteiger partial charge is 0.508 e. The lowest BCUT2D eigenvalue weighted by Gasteiger charge is -2.13. The third-order valence-corrected chi connectivity index (χ3v) is 11.2. The molecule has 0 bridgehead atoms. The molecule has 8 aromatic rings. The molecule has 0 aliphatic carbocycles. The highest BCUT2D eigenvalue weighted by atomic mass is 19.4. The molecule has 8 rings (SSSR count). The van der Waals surface area contributed by atoms with E-state index in [9.17, 15) is 104 Å². The third-order valence-electron chi connectivity index (χ3n) is 11.2. The van der Waals surface area contributed by atoms with Crippen molar-refractivity contribution >= 4 is 58.2 Å². The second kappa shape index (κ2) is 31.9. The van der Waals surface area contributed by atoms with Crippen molar-refractivity contribution in [3.63, 3.8) is 0 Å². The van der Waals surface area contributed by atoms with Gasteiger partial charge in [-0.05, 0) is 78.9 Å². The van der Waals surface area contributed by atoms with Gasteiger partial charge in [0, 0.05) is 72.8 Å². The lowest BCUT2D eigenvalue weighted by atomic mass is 10.1. The van der Waals surface area contributed by atoms with Gasteiger partial charge in [-0.25, -0.2) is 29.3 Å². The fourth-order valence-corrected chi connectivity index (χ4v) is 6.97. The number of rotatable bonds is 15. The number of nitro benzene ring substituents is 4. The van der Waals surface area contributed by atoms with Crippen LogP contribution in [0.4, 0.5) is 68.0 Å². The maximum Gasteiger partial charge on any atom is 0.421 e. The van der Waals surface area contributed by atoms with Crippen LogP contribution in [0.2, 0.25) is 0 Å². The summed E-state index contributed by atoms with van der Waals surface area (Å²) in [7, 11) is 2.12. The van der Waals surface area contributed by atoms with E-state index in [1.165, 1.54) is 12.1 Å². The molecule has 0 fully saturated rings. The summed E-state index contributed by atoms with van der Waals surface area (Å²) in [5, 5.41) is 68.9. The van der Waals surface area contributed by atoms with Gasteiger partial charge in [-0.2, -0.15) is 39.5 Å². The van der Waals surface area contributed by atoms with E-state index in [-0.39, 0.29) is 45.6 Å². The molecule has 3 heterocycles. The average Bonchev–Trinajstić information content (AvgIpc) is 0.836. The van der Waals surface area contributed by atoms with E-state index in [1.807, 2.05) is 0 Å². The van der Waals surface area contributed by atoms with Crippen LogP contribution in [0, 0.1) is 40.5 Å². The highest BCUT2D eigenvalue weighted by Crippen LogP contribution is 2.40. The third kappa shape index (κ3) is 20.9. The van der Waals surface area contributed by atoms with Crippen LogP contribution < -0.4 is 31.4 Å². The number of ether oxygens (including phenoxy) is 5. The highest BCUT2D eigenvalue weighted by Gasteiger charge is 2.38. The smallest absolute Gasteiger partial charge is 0.421 e. The summed E-state index contributed by atoms with van der Waals surface area (Å²) in [4.78, 5) is 105. The van der Waals surface area contributed by atoms with Crippen LogP contribution in [-0.2, 0) is 28.0 Å². The molecule has 0 saturated carbocycles. The quantitative estimate of drug-likeness (QED) is 0.0182. The number of hydrogen-bond donors (Lipinski definition) is 6. The Bertz CT molecular complexity index is 4240. The van der Waals surface area contributed by atoms with Crippen molar-refractivity contribution in [2.24, 2.45) is 11.5 Å². The van der Waals surface area contributed by atoms with Crippen LogP contribution in [0.3, 0.4) is 0 Å². The van der Waals surface area contributed by atoms with E-state index < -0.39 is 142 Å². The molecule has 9 N–H and O–H groups in total. The monoisotopic (exact) mass is 1350 g/mol. The van der Waals surface area contributed by atoms with Crippen LogP contribution in [0.1, 0.15) is 68.5 Å². The maximum atomic E-state index is 12.9. The Morgan fingerprint density at radius 3 is 1.03 bits per heavy atom. The van der Waals surface area contributed by atoms with E-state index >= 15 is 0 Å². The zero-order valence-electron chi connectivity index (χ0n) is 47.3. The Morgan fingerprint density at radius 2 is 0.716 bits per heavy atom. The van der Waals surface area contributed by atoms with Gasteiger partial charge in [0.05, 0.1) is 39.5 Å². The number of carboxylic acid groups (broad SMARTS) is 1. The van der Waals surface area contributed by atoms with Crippen LogP contribution in [0.25, 0.3) is 0 Å². The number of carbonyl (C=O) groups is 5. The number of carbonyl (C=O) groups excluding carboxylic acids is 4. The summed E-state index contributed by atoms with van der Waals surface area (Å²) in [5.74, 6) is -8.39. The number of aromatic nitrogens is 3. The number of nitrogen functional groups attached to an aromatic ring is 1. The number of methoxy groups -OCH3 is 2. The minimum absolute atomic E-state index is 0.0257. The normalized spacial score (nSPS) is 10.6. The molecule has 0 aliphatic heterocycles. The van der Waals surface area contributed by atoms with Crippen LogP contribution in [0.5, 0.6) is 46.4 Å². The number of benzene rings is 5. The molecule has 3 aromatic heterocycles. The first-order chi connectivity index (χ1) is 44.3. The number of phenolic OH excluding ortho intramolecular Hbond substituents is 2. The molecule has 0 aliphatic rings. The number of alkyl halides is 9. The molecule has 40 heteroatoms. The van der Waals surface area contributed by atoms with E-state index in [2.05, 4.69) is 24.4 Å². The van der Waals surface area contributed by atoms with E-state index in [0.717, 1.165) is 148 Å². The average molecular weight is 1350 g/mol. The van der Waals surface area contributed by atoms with E-state index in [0.29, 0.717) is 0 Å². The lowest BCUT2D eigenvalue weighted by molar-refractivity contribution is -0.385. The van der Waals surface area contributed by atoms with Crippen LogP contribution >= 0.6 is 0 Å². The minimum Gasteiger partial charge on any atom is -0.508 e. The first kappa shape index (κ1) is 74.1. The van der Waals surface area contributed by atoms with Crippen LogP contribution in [0.15, 0.2) is 146 Å². The van der Waals surface area contributed by atoms with Crippen LogP contribution in [-0.4, -0.2) is 93.9 Å². The standard InChI is InChI=1S/C14H9F3N2O5.C13H8F3N3O4.C13H10F3N3O2.C8H7NO5.C7H5NO5/c1-23-13(20)9-7-8(4-5-11(9)19(21)22)24-12-10(14(15,16)17)3-2-6-18-12;14-13(15,16)9-2-1-5-18-12(9)23-7-3-4-10(19(21)22)8(6-7)11(17)20;14-13(15,16)9-2-1-5-19-12(9)21-7-3-4-10(17)8(6-7)11(18)20;1-14-8(11)6-4-5(10)2-3-7(6)9(12)13;9-4-1-2-6(8(12)13)5(3-4)7(10)11/h2-7H,1H3;1-6H,(H2,17,20);1-6H,17H2,(H2,18,20);2-4,10H,1H3;1-3,9H,(H,10,11). The number of nitrogens with zero attached hydrogens (tertiary/aromatic N) is 7. The van der Waals surface area contributed by atoms with Gasteiger partial charge in [0.25, 0.3) is 34.6 Å². The molecular formula is C55H39F9N10O21. The summed E-state index contributed by atoms with van der Waals surface area (Å²) < 4.78 is 140. The van der Waals surface area contributed by atoms with Crippen molar-refractivity contribution in [3.8, 4) is 46.4 Å². The fourth-order valence-electron chi connectivity index (χ4n) is 6.97. The number of esters is 2. The van der Waals surface area contributed by atoms with Gasteiger partial charge in [0.2, 0.25) is 17.6 Å². The van der Waals surface area contributed by atoms with Gasteiger partial charge in [0.1, 0.15) is 67.7 Å². The Morgan fingerprint density at radius 1 is 0.432 bits per heavy atom. The van der Waals surface area contributed by atoms with Gasteiger partial charge < -0.3 is 56.2 Å². The molecule has 0 spiro atoms. The van der Waals surface area contributed by atoms with Gasteiger partial charge in [-0.1, -0.05) is 0 Å². The molecule has 0 atom stereocenters. The predicted molar refractivity (Wildman–Crippen MR) is 301 cm³/mol. The zero-order chi connectivity index (χ0) is 71.4. The summed E-state index contributed by atoms with van der Waals surface area (Å²) in [5.41, 5.74) is 8.63. The molecular weight excluding hydrogens is 1310 g/mol. The van der Waals surface area contributed by atoms with E-state index in [1.54, 1.807) is 0 Å². The fraction of sp³-hybridized carbons (Fsp3) is 0.0909. The molecule has 95 heavy (non-hydrogen) atoms. The molecule has 0 radical (unpaired) electrons. The number of nitro groups is 4. The summed E-state index contributed by atoms with van der Waals surface area (Å²) in [6, 6.07) is 21.2. The maximum absolute atomic E-state index is 12.9. The SMILES string of the molecule is COC(=O)c1cc(O)ccc1[N+](=O)[O-].COC(=O)c1cc(Oc2ncccc2C(F)(F)F)ccc1[N+](=O)[O-].NC(=O)c1cc(Oc2ncccc2C(F)(F)F)ccc1N.NC(=O)c1cc(Oc2ncccc2C(F)(F)F)ccc1[N+](=O)[O-].O=C(O)c1cc(O)ccc1[N+](=O)[O-]. The van der Waals surface area contributed by atoms with Gasteiger partial charge in [-0.3, -0.25) is 50.0 Å². The number of nitrogens with two attached hydrogens (primary N) is 3. The van der Waals surface area contributed by atoms with Gasteiger partial charge in [0.15, 0.2) is 0 Å². The van der Waals surface area contributed by atoms with Crippen molar-refractivity contribution in [1.29, 1.82) is 0 Å². The lowest BCUT2D eigenvalue weighted by Crippen LogP contribution is -2.13. The first-order valence-electron chi connectivity index (χ1n) is 24.8. The number of anilines is 1.